The fraction of sp³-hybridized carbons (Fsp3) is 0.462. The Morgan fingerprint density at radius 3 is 2.65 bits per heavy atom. The molecule has 0 aromatic heterocycles. The van der Waals surface area contributed by atoms with E-state index in [0.717, 1.165) is 5.33 Å². The predicted molar refractivity (Wildman–Crippen MR) is 70.7 cm³/mol. The van der Waals surface area contributed by atoms with Crippen molar-refractivity contribution in [1.82, 2.24) is 5.32 Å². The lowest BCUT2D eigenvalue weighted by atomic mass is 10.1. The van der Waals surface area contributed by atoms with Gasteiger partial charge in [-0.25, -0.2) is 4.39 Å². The van der Waals surface area contributed by atoms with Gasteiger partial charge in [-0.05, 0) is 24.5 Å². The number of carbonyl (C=O) groups is 1. The SMILES string of the molecule is CC(CBr)C(C)NC(=O)Cc1ccccc1F. The molecule has 0 aliphatic rings. The minimum Gasteiger partial charge on any atom is -0.353 e. The molecule has 2 unspecified atom stereocenters. The van der Waals surface area contributed by atoms with Crippen LogP contribution in [0.3, 0.4) is 0 Å². The number of benzene rings is 1. The predicted octanol–water partition coefficient (Wildman–Crippen LogP) is 2.90. The molecule has 0 bridgehead atoms. The van der Waals surface area contributed by atoms with Crippen LogP contribution in [0.15, 0.2) is 24.3 Å². The van der Waals surface area contributed by atoms with Crippen molar-refractivity contribution in [2.75, 3.05) is 5.33 Å². The number of carbonyl (C=O) groups excluding carboxylic acids is 1. The molecular formula is C13H17BrFNO. The lowest BCUT2D eigenvalue weighted by molar-refractivity contribution is -0.121. The number of halogens is 2. The Bertz CT molecular complexity index is 383. The van der Waals surface area contributed by atoms with Crippen molar-refractivity contribution in [3.8, 4) is 0 Å². The highest BCUT2D eigenvalue weighted by Gasteiger charge is 2.14. The molecule has 17 heavy (non-hydrogen) atoms. The quantitative estimate of drug-likeness (QED) is 0.833. The maximum atomic E-state index is 13.3. The first kappa shape index (κ1) is 14.2. The molecule has 4 heteroatoms. The summed E-state index contributed by atoms with van der Waals surface area (Å²) in [6, 6.07) is 6.43. The van der Waals surface area contributed by atoms with Gasteiger partial charge in [0.05, 0.1) is 6.42 Å². The van der Waals surface area contributed by atoms with E-state index in [0.29, 0.717) is 11.5 Å². The van der Waals surface area contributed by atoms with E-state index in [2.05, 4.69) is 21.2 Å². The molecular weight excluding hydrogens is 285 g/mol. The van der Waals surface area contributed by atoms with Gasteiger partial charge >= 0.3 is 0 Å². The highest BCUT2D eigenvalue weighted by Crippen LogP contribution is 2.09. The van der Waals surface area contributed by atoms with E-state index in [1.807, 2.05) is 13.8 Å². The average molecular weight is 302 g/mol. The van der Waals surface area contributed by atoms with Crippen LogP contribution in [0.25, 0.3) is 0 Å². The summed E-state index contributed by atoms with van der Waals surface area (Å²) in [6.07, 6.45) is 0.0893. The van der Waals surface area contributed by atoms with E-state index in [-0.39, 0.29) is 24.2 Å². The summed E-state index contributed by atoms with van der Waals surface area (Å²) >= 11 is 3.37. The van der Waals surface area contributed by atoms with E-state index in [1.165, 1.54) is 6.07 Å². The molecule has 2 atom stereocenters. The minimum absolute atomic E-state index is 0.0775. The van der Waals surface area contributed by atoms with Crippen molar-refractivity contribution in [2.24, 2.45) is 5.92 Å². The third kappa shape index (κ3) is 4.46. The van der Waals surface area contributed by atoms with Crippen LogP contribution in [0.4, 0.5) is 4.39 Å². The molecule has 1 aromatic rings. The molecule has 1 aromatic carbocycles. The number of amides is 1. The summed E-state index contributed by atoms with van der Waals surface area (Å²) in [5.41, 5.74) is 0.434. The van der Waals surface area contributed by atoms with Gasteiger partial charge in [0.15, 0.2) is 0 Å². The number of nitrogens with one attached hydrogen (secondary N) is 1. The van der Waals surface area contributed by atoms with Gasteiger partial charge in [-0.2, -0.15) is 0 Å². The highest BCUT2D eigenvalue weighted by atomic mass is 79.9. The van der Waals surface area contributed by atoms with Gasteiger partial charge in [0, 0.05) is 11.4 Å². The van der Waals surface area contributed by atoms with E-state index < -0.39 is 0 Å². The van der Waals surface area contributed by atoms with Crippen molar-refractivity contribution in [2.45, 2.75) is 26.3 Å². The van der Waals surface area contributed by atoms with E-state index >= 15 is 0 Å². The number of hydrogen-bond acceptors (Lipinski definition) is 1. The second kappa shape index (κ2) is 6.74. The summed E-state index contributed by atoms with van der Waals surface area (Å²) in [5, 5.41) is 3.70. The second-order valence-electron chi connectivity index (χ2n) is 4.26. The number of alkyl halides is 1. The summed E-state index contributed by atoms with van der Waals surface area (Å²) in [6.45, 7) is 3.99. The van der Waals surface area contributed by atoms with Crippen LogP contribution >= 0.6 is 15.9 Å². The van der Waals surface area contributed by atoms with Gasteiger partial charge in [-0.3, -0.25) is 4.79 Å². The maximum absolute atomic E-state index is 13.3. The van der Waals surface area contributed by atoms with Gasteiger partial charge in [-0.1, -0.05) is 41.1 Å². The zero-order valence-electron chi connectivity index (χ0n) is 10.0. The van der Waals surface area contributed by atoms with E-state index in [4.69, 9.17) is 0 Å². The van der Waals surface area contributed by atoms with Crippen LogP contribution in [-0.4, -0.2) is 17.3 Å². The molecule has 1 N–H and O–H groups in total. The Labute approximate surface area is 110 Å². The van der Waals surface area contributed by atoms with Crippen LogP contribution in [-0.2, 0) is 11.2 Å². The van der Waals surface area contributed by atoms with Crippen molar-refractivity contribution < 1.29 is 9.18 Å². The average Bonchev–Trinajstić information content (AvgIpc) is 2.31. The molecule has 0 saturated carbocycles. The molecule has 0 fully saturated rings. The molecule has 0 saturated heterocycles. The lowest BCUT2D eigenvalue weighted by Crippen LogP contribution is -2.38. The van der Waals surface area contributed by atoms with Gasteiger partial charge < -0.3 is 5.32 Å². The summed E-state index contributed by atoms with van der Waals surface area (Å²) in [7, 11) is 0. The third-order valence-corrected chi connectivity index (χ3v) is 3.82. The smallest absolute Gasteiger partial charge is 0.224 e. The van der Waals surface area contributed by atoms with Crippen LogP contribution in [0.2, 0.25) is 0 Å². The molecule has 1 amide bonds. The fourth-order valence-corrected chi connectivity index (χ4v) is 1.96. The monoisotopic (exact) mass is 301 g/mol. The van der Waals surface area contributed by atoms with Crippen LogP contribution < -0.4 is 5.32 Å². The minimum atomic E-state index is -0.330. The second-order valence-corrected chi connectivity index (χ2v) is 4.90. The van der Waals surface area contributed by atoms with Crippen molar-refractivity contribution in [1.29, 1.82) is 0 Å². The van der Waals surface area contributed by atoms with E-state index in [9.17, 15) is 9.18 Å². The Hall–Kier alpha value is -0.900. The van der Waals surface area contributed by atoms with Crippen LogP contribution in [0, 0.1) is 11.7 Å². The molecule has 0 aliphatic heterocycles. The Kier molecular flexibility index (Phi) is 5.62. The first-order chi connectivity index (χ1) is 8.04. The first-order valence-electron chi connectivity index (χ1n) is 5.63. The molecule has 0 spiro atoms. The number of rotatable bonds is 5. The summed E-state index contributed by atoms with van der Waals surface area (Å²) in [4.78, 5) is 11.7. The largest absolute Gasteiger partial charge is 0.353 e. The Morgan fingerprint density at radius 2 is 2.06 bits per heavy atom. The molecule has 0 radical (unpaired) electrons. The number of hydrogen-bond donors (Lipinski definition) is 1. The zero-order chi connectivity index (χ0) is 12.8. The molecule has 94 valence electrons. The van der Waals surface area contributed by atoms with Gasteiger partial charge in [0.2, 0.25) is 5.91 Å². The molecule has 2 nitrogen and oxygen atoms in total. The van der Waals surface area contributed by atoms with Gasteiger partial charge in [0.1, 0.15) is 5.82 Å². The zero-order valence-corrected chi connectivity index (χ0v) is 11.6. The highest BCUT2D eigenvalue weighted by molar-refractivity contribution is 9.09. The van der Waals surface area contributed by atoms with Crippen LogP contribution in [0.5, 0.6) is 0 Å². The van der Waals surface area contributed by atoms with Gasteiger partial charge in [-0.15, -0.1) is 0 Å². The third-order valence-electron chi connectivity index (χ3n) is 2.79. The van der Waals surface area contributed by atoms with Crippen molar-refractivity contribution in [3.05, 3.63) is 35.6 Å². The molecule has 0 heterocycles. The normalized spacial score (nSPS) is 14.1. The summed E-state index contributed by atoms with van der Waals surface area (Å²) in [5.74, 6) is -0.126. The van der Waals surface area contributed by atoms with Crippen molar-refractivity contribution >= 4 is 21.8 Å². The maximum Gasteiger partial charge on any atom is 0.224 e. The first-order valence-corrected chi connectivity index (χ1v) is 6.75. The molecule has 1 rings (SSSR count). The standard InChI is InChI=1S/C13H17BrFNO/c1-9(8-14)10(2)16-13(17)7-11-5-3-4-6-12(11)15/h3-6,9-10H,7-8H2,1-2H3,(H,16,17). The fourth-order valence-electron chi connectivity index (χ4n) is 1.40. The lowest BCUT2D eigenvalue weighted by Gasteiger charge is -2.19. The molecule has 0 aliphatic carbocycles. The Balaban J connectivity index is 2.53. The topological polar surface area (TPSA) is 29.1 Å². The summed E-state index contributed by atoms with van der Waals surface area (Å²) < 4.78 is 13.3. The van der Waals surface area contributed by atoms with Crippen LogP contribution in [0.1, 0.15) is 19.4 Å². The van der Waals surface area contributed by atoms with Gasteiger partial charge in [0.25, 0.3) is 0 Å². The van der Waals surface area contributed by atoms with E-state index in [1.54, 1.807) is 18.2 Å². The Morgan fingerprint density at radius 1 is 1.41 bits per heavy atom. The van der Waals surface area contributed by atoms with Crippen molar-refractivity contribution in [3.63, 3.8) is 0 Å².